The first kappa shape index (κ1) is 26.8. The van der Waals surface area contributed by atoms with E-state index in [1.54, 1.807) is 45.2 Å². The summed E-state index contributed by atoms with van der Waals surface area (Å²) in [6.45, 7) is 3.34. The number of carbonyl (C=O) groups is 2. The number of hydrogen-bond acceptors (Lipinski definition) is 5. The van der Waals surface area contributed by atoms with E-state index in [9.17, 15) is 18.0 Å². The molecule has 2 aromatic rings. The number of likely N-dealkylation sites (N-methyl/N-ethyl adjacent to an activating group) is 1. The standard InChI is InChI=1S/C22H27Cl2N3O5S/c1-5-25-22(29)15(2)26(13-16-6-9-18(32-3)10-7-16)21(28)14-27(33(4,30)31)17-8-11-19(23)20(24)12-17/h6-12,15H,5,13-14H2,1-4H3,(H,25,29)/t15-/m1/s1. The molecule has 11 heteroatoms. The maximum Gasteiger partial charge on any atom is 0.244 e. The number of anilines is 1. The summed E-state index contributed by atoms with van der Waals surface area (Å²) < 4.78 is 31.1. The Morgan fingerprint density at radius 3 is 2.24 bits per heavy atom. The number of amides is 2. The van der Waals surface area contributed by atoms with E-state index in [-0.39, 0.29) is 28.2 Å². The Kier molecular flexibility index (Phi) is 9.39. The number of methoxy groups -OCH3 is 1. The van der Waals surface area contributed by atoms with Crippen molar-refractivity contribution in [2.75, 3.05) is 30.8 Å². The summed E-state index contributed by atoms with van der Waals surface area (Å²) in [5, 5.41) is 3.11. The molecule has 1 atom stereocenters. The van der Waals surface area contributed by atoms with Gasteiger partial charge in [-0.2, -0.15) is 0 Å². The average molecular weight is 516 g/mol. The zero-order valence-electron chi connectivity index (χ0n) is 18.8. The second-order valence-corrected chi connectivity index (χ2v) is 10.0. The van der Waals surface area contributed by atoms with Gasteiger partial charge in [0.1, 0.15) is 18.3 Å². The third-order valence-electron chi connectivity index (χ3n) is 4.90. The molecular weight excluding hydrogens is 489 g/mol. The zero-order chi connectivity index (χ0) is 24.8. The summed E-state index contributed by atoms with van der Waals surface area (Å²) in [4.78, 5) is 27.2. The van der Waals surface area contributed by atoms with Crippen molar-refractivity contribution in [1.29, 1.82) is 0 Å². The SMILES string of the molecule is CCNC(=O)[C@@H](C)N(Cc1ccc(OC)cc1)C(=O)CN(c1ccc(Cl)c(Cl)c1)S(C)(=O)=O. The number of ether oxygens (including phenoxy) is 1. The van der Waals surface area contributed by atoms with Crippen molar-refractivity contribution in [3.63, 3.8) is 0 Å². The first-order valence-corrected chi connectivity index (χ1v) is 12.7. The lowest BCUT2D eigenvalue weighted by molar-refractivity contribution is -0.139. The second kappa shape index (κ2) is 11.6. The first-order valence-electron chi connectivity index (χ1n) is 10.1. The molecule has 0 bridgehead atoms. The van der Waals surface area contributed by atoms with Gasteiger partial charge in [-0.3, -0.25) is 13.9 Å². The molecule has 2 rings (SSSR count). The summed E-state index contributed by atoms with van der Waals surface area (Å²) >= 11 is 12.0. The summed E-state index contributed by atoms with van der Waals surface area (Å²) in [6, 6.07) is 10.5. The molecule has 0 aliphatic heterocycles. The molecule has 0 unspecified atom stereocenters. The minimum absolute atomic E-state index is 0.0973. The van der Waals surface area contributed by atoms with Crippen molar-refractivity contribution in [1.82, 2.24) is 10.2 Å². The van der Waals surface area contributed by atoms with Crippen molar-refractivity contribution < 1.29 is 22.7 Å². The van der Waals surface area contributed by atoms with Crippen molar-refractivity contribution in [3.05, 3.63) is 58.1 Å². The fraction of sp³-hybridized carbons (Fsp3) is 0.364. The number of nitrogens with one attached hydrogen (secondary N) is 1. The molecular formula is C22H27Cl2N3O5S. The Bertz CT molecular complexity index is 1090. The van der Waals surface area contributed by atoms with Crippen LogP contribution < -0.4 is 14.4 Å². The topological polar surface area (TPSA) is 96.0 Å². The van der Waals surface area contributed by atoms with Gasteiger partial charge in [0.15, 0.2) is 0 Å². The van der Waals surface area contributed by atoms with Gasteiger partial charge in [0, 0.05) is 13.1 Å². The largest absolute Gasteiger partial charge is 0.497 e. The van der Waals surface area contributed by atoms with Crippen LogP contribution >= 0.6 is 23.2 Å². The highest BCUT2D eigenvalue weighted by atomic mass is 35.5. The quantitative estimate of drug-likeness (QED) is 0.523. The average Bonchev–Trinajstić information content (AvgIpc) is 2.77. The van der Waals surface area contributed by atoms with E-state index in [1.165, 1.54) is 23.1 Å². The van der Waals surface area contributed by atoms with Crippen LogP contribution in [0, 0.1) is 0 Å². The van der Waals surface area contributed by atoms with Crippen molar-refractivity contribution >= 4 is 50.7 Å². The minimum atomic E-state index is -3.85. The van der Waals surface area contributed by atoms with E-state index in [0.717, 1.165) is 16.1 Å². The van der Waals surface area contributed by atoms with E-state index >= 15 is 0 Å². The van der Waals surface area contributed by atoms with Gasteiger partial charge in [-0.15, -0.1) is 0 Å². The number of nitrogens with zero attached hydrogens (tertiary/aromatic N) is 2. The highest BCUT2D eigenvalue weighted by Crippen LogP contribution is 2.28. The molecule has 1 N–H and O–H groups in total. The van der Waals surface area contributed by atoms with Gasteiger partial charge in [-0.1, -0.05) is 35.3 Å². The van der Waals surface area contributed by atoms with Gasteiger partial charge in [0.25, 0.3) is 0 Å². The fourth-order valence-electron chi connectivity index (χ4n) is 3.09. The molecule has 0 saturated heterocycles. The van der Waals surface area contributed by atoms with Crippen LogP contribution in [0.3, 0.4) is 0 Å². The van der Waals surface area contributed by atoms with Gasteiger partial charge in [-0.05, 0) is 49.7 Å². The Morgan fingerprint density at radius 1 is 1.09 bits per heavy atom. The summed E-state index contributed by atoms with van der Waals surface area (Å²) in [6.07, 6.45) is 0.990. The molecule has 2 amide bonds. The zero-order valence-corrected chi connectivity index (χ0v) is 21.2. The molecule has 0 spiro atoms. The monoisotopic (exact) mass is 515 g/mol. The summed E-state index contributed by atoms with van der Waals surface area (Å²) in [5.41, 5.74) is 0.941. The lowest BCUT2D eigenvalue weighted by atomic mass is 10.1. The number of rotatable bonds is 10. The smallest absolute Gasteiger partial charge is 0.244 e. The molecule has 0 aliphatic carbocycles. The first-order chi connectivity index (χ1) is 15.5. The van der Waals surface area contributed by atoms with E-state index in [0.29, 0.717) is 12.3 Å². The maximum atomic E-state index is 13.4. The van der Waals surface area contributed by atoms with Crippen molar-refractivity contribution in [3.8, 4) is 5.75 Å². The lowest BCUT2D eigenvalue weighted by Crippen LogP contribution is -2.51. The Labute approximate surface area is 204 Å². The van der Waals surface area contributed by atoms with Gasteiger partial charge < -0.3 is 15.0 Å². The Balaban J connectivity index is 2.39. The Morgan fingerprint density at radius 2 is 1.73 bits per heavy atom. The lowest BCUT2D eigenvalue weighted by Gasteiger charge is -2.31. The summed E-state index contributed by atoms with van der Waals surface area (Å²) in [7, 11) is -2.30. The van der Waals surface area contributed by atoms with E-state index < -0.39 is 28.5 Å². The predicted molar refractivity (Wildman–Crippen MR) is 130 cm³/mol. The van der Waals surface area contributed by atoms with Crippen molar-refractivity contribution in [2.45, 2.75) is 26.4 Å². The van der Waals surface area contributed by atoms with E-state index in [4.69, 9.17) is 27.9 Å². The third kappa shape index (κ3) is 7.25. The highest BCUT2D eigenvalue weighted by molar-refractivity contribution is 7.92. The van der Waals surface area contributed by atoms with Crippen LogP contribution in [0.15, 0.2) is 42.5 Å². The van der Waals surface area contributed by atoms with Crippen LogP contribution in [-0.2, 0) is 26.2 Å². The number of benzene rings is 2. The van der Waals surface area contributed by atoms with Crippen LogP contribution in [-0.4, -0.2) is 57.6 Å². The number of halogens is 2. The highest BCUT2D eigenvalue weighted by Gasteiger charge is 2.30. The van der Waals surface area contributed by atoms with E-state index in [1.807, 2.05) is 0 Å². The molecule has 0 fully saturated rings. The summed E-state index contributed by atoms with van der Waals surface area (Å²) in [5.74, 6) is -0.253. The van der Waals surface area contributed by atoms with Gasteiger partial charge in [0.05, 0.1) is 29.1 Å². The number of sulfonamides is 1. The number of carbonyl (C=O) groups excluding carboxylic acids is 2. The molecule has 180 valence electrons. The molecule has 33 heavy (non-hydrogen) atoms. The molecule has 2 aromatic carbocycles. The van der Waals surface area contributed by atoms with Gasteiger partial charge >= 0.3 is 0 Å². The molecule has 0 heterocycles. The molecule has 0 radical (unpaired) electrons. The normalized spacial score (nSPS) is 12.1. The fourth-order valence-corrected chi connectivity index (χ4v) is 4.22. The molecule has 0 aromatic heterocycles. The van der Waals surface area contributed by atoms with Crippen LogP contribution in [0.1, 0.15) is 19.4 Å². The predicted octanol–water partition coefficient (Wildman–Crippen LogP) is 3.32. The van der Waals surface area contributed by atoms with Crippen LogP contribution in [0.4, 0.5) is 5.69 Å². The maximum absolute atomic E-state index is 13.4. The van der Waals surface area contributed by atoms with Gasteiger partial charge in [0.2, 0.25) is 21.8 Å². The van der Waals surface area contributed by atoms with Crippen LogP contribution in [0.25, 0.3) is 0 Å². The second-order valence-electron chi connectivity index (χ2n) is 7.31. The third-order valence-corrected chi connectivity index (χ3v) is 6.78. The van der Waals surface area contributed by atoms with E-state index in [2.05, 4.69) is 5.32 Å². The molecule has 8 nitrogen and oxygen atoms in total. The van der Waals surface area contributed by atoms with Gasteiger partial charge in [-0.25, -0.2) is 8.42 Å². The number of hydrogen-bond donors (Lipinski definition) is 1. The minimum Gasteiger partial charge on any atom is -0.497 e. The van der Waals surface area contributed by atoms with Crippen molar-refractivity contribution in [2.24, 2.45) is 0 Å². The van der Waals surface area contributed by atoms with Crippen LogP contribution in [0.2, 0.25) is 10.0 Å². The molecule has 0 saturated carbocycles. The molecule has 0 aliphatic rings. The Hall–Kier alpha value is -2.49. The van der Waals surface area contributed by atoms with Crippen LogP contribution in [0.5, 0.6) is 5.75 Å².